The summed E-state index contributed by atoms with van der Waals surface area (Å²) in [5.41, 5.74) is 0. The molecular weight excluding hydrogens is 279 g/mol. The van der Waals surface area contributed by atoms with Crippen molar-refractivity contribution in [2.75, 3.05) is 27.4 Å². The van der Waals surface area contributed by atoms with Crippen LogP contribution < -0.4 is 0 Å². The Kier molecular flexibility index (Phi) is 8.58. The molecule has 0 spiro atoms. The van der Waals surface area contributed by atoms with Gasteiger partial charge in [-0.1, -0.05) is 0 Å². The smallest absolute Gasteiger partial charge is 0.469 e. The fraction of sp³-hybridized carbons (Fsp3) is 0.800. The summed E-state index contributed by atoms with van der Waals surface area (Å²) >= 11 is 0. The molecule has 0 aliphatic rings. The van der Waals surface area contributed by atoms with Gasteiger partial charge in [0.25, 0.3) is 0 Å². The van der Waals surface area contributed by atoms with Crippen LogP contribution >= 0.6 is 7.82 Å². The summed E-state index contributed by atoms with van der Waals surface area (Å²) in [4.78, 5) is 22.6. The van der Waals surface area contributed by atoms with E-state index in [2.05, 4.69) is 9.47 Å². The minimum absolute atomic E-state index is 0.0589. The summed E-state index contributed by atoms with van der Waals surface area (Å²) in [5, 5.41) is 0. The van der Waals surface area contributed by atoms with Crippen LogP contribution in [-0.2, 0) is 37.2 Å². The van der Waals surface area contributed by atoms with Crippen molar-refractivity contribution in [3.05, 3.63) is 0 Å². The number of ether oxygens (including phenoxy) is 2. The highest BCUT2D eigenvalue weighted by Gasteiger charge is 2.35. The minimum Gasteiger partial charge on any atom is -0.469 e. The fourth-order valence-electron chi connectivity index (χ4n) is 1.10. The van der Waals surface area contributed by atoms with Gasteiger partial charge in [-0.05, 0) is 13.8 Å². The zero-order chi connectivity index (χ0) is 14.9. The number of hydrogen-bond donors (Lipinski definition) is 0. The molecule has 0 aromatic heterocycles. The Morgan fingerprint density at radius 2 is 1.58 bits per heavy atom. The minimum atomic E-state index is -3.92. The first kappa shape index (κ1) is 18.0. The van der Waals surface area contributed by atoms with Gasteiger partial charge in [0, 0.05) is 0 Å². The van der Waals surface area contributed by atoms with Crippen molar-refractivity contribution in [2.45, 2.75) is 26.4 Å². The average molecular weight is 298 g/mol. The zero-order valence-electron chi connectivity index (χ0n) is 11.4. The van der Waals surface area contributed by atoms with Gasteiger partial charge in [0.1, 0.15) is 0 Å². The number of carbonyl (C=O) groups excluding carboxylic acids is 2. The van der Waals surface area contributed by atoms with Crippen LogP contribution in [0.5, 0.6) is 0 Å². The molecule has 0 N–H and O–H groups in total. The molecule has 0 saturated carbocycles. The molecule has 0 heterocycles. The molecule has 0 radical (unpaired) electrons. The van der Waals surface area contributed by atoms with Gasteiger partial charge in [0.05, 0.1) is 33.9 Å². The van der Waals surface area contributed by atoms with E-state index in [1.807, 2.05) is 0 Å². The predicted octanol–water partition coefficient (Wildman–Crippen LogP) is 1.29. The van der Waals surface area contributed by atoms with Gasteiger partial charge >= 0.3 is 19.8 Å². The molecule has 1 atom stereocenters. The molecule has 0 fully saturated rings. The summed E-state index contributed by atoms with van der Waals surface area (Å²) in [6.07, 6.45) is -1.87. The first-order chi connectivity index (χ1) is 8.92. The highest BCUT2D eigenvalue weighted by molar-refractivity contribution is 7.48. The van der Waals surface area contributed by atoms with E-state index in [1.165, 1.54) is 0 Å². The van der Waals surface area contributed by atoms with Crippen molar-refractivity contribution in [3.8, 4) is 0 Å². The summed E-state index contributed by atoms with van der Waals surface area (Å²) < 4.78 is 35.7. The number of phosphoric acid groups is 1. The first-order valence-electron chi connectivity index (χ1n) is 5.64. The van der Waals surface area contributed by atoms with E-state index in [9.17, 15) is 14.2 Å². The highest BCUT2D eigenvalue weighted by Crippen LogP contribution is 2.50. The quantitative estimate of drug-likeness (QED) is 0.464. The van der Waals surface area contributed by atoms with Crippen LogP contribution in [0.25, 0.3) is 0 Å². The van der Waals surface area contributed by atoms with Gasteiger partial charge in [0.2, 0.25) is 0 Å². The van der Waals surface area contributed by atoms with E-state index in [4.69, 9.17) is 13.6 Å². The molecule has 0 aromatic rings. The monoisotopic (exact) mass is 298 g/mol. The Morgan fingerprint density at radius 1 is 1.05 bits per heavy atom. The molecule has 112 valence electrons. The van der Waals surface area contributed by atoms with Crippen molar-refractivity contribution < 1.29 is 37.2 Å². The van der Waals surface area contributed by atoms with E-state index >= 15 is 0 Å². The number of carbonyl (C=O) groups is 2. The number of hydrogen-bond acceptors (Lipinski definition) is 8. The third-order valence-electron chi connectivity index (χ3n) is 1.87. The number of methoxy groups -OCH3 is 2. The van der Waals surface area contributed by atoms with Gasteiger partial charge in [-0.2, -0.15) is 0 Å². The van der Waals surface area contributed by atoms with Crippen LogP contribution in [-0.4, -0.2) is 45.5 Å². The highest BCUT2D eigenvalue weighted by atomic mass is 31.2. The Bertz CT molecular complexity index is 332. The summed E-state index contributed by atoms with van der Waals surface area (Å²) in [6, 6.07) is 0. The van der Waals surface area contributed by atoms with Gasteiger partial charge in [-0.25, -0.2) is 9.36 Å². The van der Waals surface area contributed by atoms with E-state index in [1.54, 1.807) is 13.8 Å². The third-order valence-corrected chi connectivity index (χ3v) is 3.54. The maximum absolute atomic E-state index is 12.1. The number of phosphoric ester groups is 1. The third kappa shape index (κ3) is 6.68. The molecule has 9 heteroatoms. The van der Waals surface area contributed by atoms with Gasteiger partial charge < -0.3 is 9.47 Å². The van der Waals surface area contributed by atoms with Crippen molar-refractivity contribution >= 4 is 19.8 Å². The van der Waals surface area contributed by atoms with Crippen LogP contribution in [0.15, 0.2) is 0 Å². The lowest BCUT2D eigenvalue weighted by molar-refractivity contribution is -0.156. The second-order valence-corrected chi connectivity index (χ2v) is 4.80. The number of rotatable bonds is 9. The second kappa shape index (κ2) is 9.03. The van der Waals surface area contributed by atoms with Gasteiger partial charge in [-0.15, -0.1) is 0 Å². The lowest BCUT2D eigenvalue weighted by Crippen LogP contribution is -2.28. The molecule has 0 aliphatic heterocycles. The molecule has 0 aliphatic carbocycles. The van der Waals surface area contributed by atoms with Crippen LogP contribution in [0.4, 0.5) is 0 Å². The molecule has 0 saturated heterocycles. The Labute approximate surface area is 111 Å². The molecule has 0 rings (SSSR count). The van der Waals surface area contributed by atoms with Crippen LogP contribution in [0.1, 0.15) is 20.3 Å². The number of esters is 2. The van der Waals surface area contributed by atoms with Crippen molar-refractivity contribution in [1.29, 1.82) is 0 Å². The molecule has 1 unspecified atom stereocenters. The maximum Gasteiger partial charge on any atom is 0.475 e. The van der Waals surface area contributed by atoms with E-state index in [0.29, 0.717) is 0 Å². The van der Waals surface area contributed by atoms with Crippen LogP contribution in [0, 0.1) is 0 Å². The van der Waals surface area contributed by atoms with E-state index in [-0.39, 0.29) is 13.2 Å². The zero-order valence-corrected chi connectivity index (χ0v) is 12.3. The second-order valence-electron chi connectivity index (χ2n) is 3.18. The molecule has 0 bridgehead atoms. The average Bonchev–Trinajstić information content (AvgIpc) is 2.37. The van der Waals surface area contributed by atoms with Crippen molar-refractivity contribution in [2.24, 2.45) is 0 Å². The lowest BCUT2D eigenvalue weighted by atomic mass is 10.2. The van der Waals surface area contributed by atoms with Gasteiger partial charge in [-0.3, -0.25) is 18.4 Å². The summed E-state index contributed by atoms with van der Waals surface area (Å²) in [7, 11) is -1.65. The fourth-order valence-corrected chi connectivity index (χ4v) is 2.40. The molecule has 8 nitrogen and oxygen atoms in total. The lowest BCUT2D eigenvalue weighted by Gasteiger charge is -2.21. The summed E-state index contributed by atoms with van der Waals surface area (Å²) in [6.45, 7) is 3.29. The van der Waals surface area contributed by atoms with E-state index < -0.39 is 32.3 Å². The molecule has 0 amide bonds. The van der Waals surface area contributed by atoms with Crippen molar-refractivity contribution in [3.63, 3.8) is 0 Å². The van der Waals surface area contributed by atoms with Crippen LogP contribution in [0.3, 0.4) is 0 Å². The summed E-state index contributed by atoms with van der Waals surface area (Å²) in [5.74, 6) is -1.58. The first-order valence-corrected chi connectivity index (χ1v) is 7.10. The SMILES string of the molecule is CCOP(=O)(OCC)OC(CC(=O)OC)C(=O)OC. The predicted molar refractivity (Wildman–Crippen MR) is 64.4 cm³/mol. The molecule has 19 heavy (non-hydrogen) atoms. The Balaban J connectivity index is 4.89. The Hall–Kier alpha value is -0.950. The maximum atomic E-state index is 12.1. The Morgan fingerprint density at radius 3 is 1.95 bits per heavy atom. The van der Waals surface area contributed by atoms with E-state index in [0.717, 1.165) is 14.2 Å². The van der Waals surface area contributed by atoms with Gasteiger partial charge in [0.15, 0.2) is 6.10 Å². The molecule has 0 aromatic carbocycles. The standard InChI is InChI=1S/C10H19O8P/c1-5-16-19(13,17-6-2)18-8(10(12)15-4)7-9(11)14-3/h8H,5-7H2,1-4H3. The van der Waals surface area contributed by atoms with Crippen molar-refractivity contribution in [1.82, 2.24) is 0 Å². The largest absolute Gasteiger partial charge is 0.475 e. The molecular formula is C10H19O8P. The van der Waals surface area contributed by atoms with Crippen LogP contribution in [0.2, 0.25) is 0 Å². The topological polar surface area (TPSA) is 97.4 Å². The normalized spacial score (nSPS) is 12.8.